The predicted octanol–water partition coefficient (Wildman–Crippen LogP) is 6.64. The lowest BCUT2D eigenvalue weighted by Gasteiger charge is -2.21. The van der Waals surface area contributed by atoms with Gasteiger partial charge in [0, 0.05) is 23.1 Å². The van der Waals surface area contributed by atoms with Crippen molar-refractivity contribution < 1.29 is 0 Å². The van der Waals surface area contributed by atoms with E-state index in [1.165, 1.54) is 53.5 Å². The lowest BCUT2D eigenvalue weighted by Crippen LogP contribution is -2.12. The summed E-state index contributed by atoms with van der Waals surface area (Å²) >= 11 is 8.27. The monoisotopic (exact) mass is 410 g/mol. The van der Waals surface area contributed by atoms with Gasteiger partial charge in [0.05, 0.1) is 15.6 Å². The van der Waals surface area contributed by atoms with E-state index in [1.807, 2.05) is 19.9 Å². The second kappa shape index (κ2) is 7.53. The Morgan fingerprint density at radius 2 is 1.86 bits per heavy atom. The summed E-state index contributed by atoms with van der Waals surface area (Å²) in [6.07, 6.45) is 5.83. The lowest BCUT2D eigenvalue weighted by atomic mass is 9.90. The van der Waals surface area contributed by atoms with Crippen LogP contribution in [0.4, 0.5) is 5.69 Å². The molecule has 0 spiro atoms. The van der Waals surface area contributed by atoms with Crippen LogP contribution in [0.15, 0.2) is 35.7 Å². The summed E-state index contributed by atoms with van der Waals surface area (Å²) in [5, 5.41) is 3.30. The summed E-state index contributed by atoms with van der Waals surface area (Å²) in [6, 6.07) is 11.0. The molecule has 0 saturated carbocycles. The van der Waals surface area contributed by atoms with Crippen molar-refractivity contribution in [2.75, 3.05) is 5.73 Å². The largest absolute Gasteiger partial charge is 0.398 e. The molecule has 0 aliphatic heterocycles. The molecule has 146 valence electrons. The number of aryl methyl sites for hydroxylation is 3. The maximum Gasteiger partial charge on any atom is 0.0976 e. The van der Waals surface area contributed by atoms with Gasteiger partial charge in [0.2, 0.25) is 0 Å². The molecule has 1 heterocycles. The molecule has 2 N–H and O–H groups in total. The Hall–Kier alpha value is -1.84. The van der Waals surface area contributed by atoms with Crippen LogP contribution >= 0.6 is 22.9 Å². The molecule has 4 rings (SSSR count). The van der Waals surface area contributed by atoms with E-state index in [4.69, 9.17) is 22.3 Å². The Kier molecular flexibility index (Phi) is 5.24. The maximum absolute atomic E-state index is 6.54. The van der Waals surface area contributed by atoms with E-state index >= 15 is 0 Å². The highest BCUT2D eigenvalue weighted by Gasteiger charge is 2.21. The summed E-state index contributed by atoms with van der Waals surface area (Å²) in [5.74, 6) is 0. The number of hydrogen-bond donors (Lipinski definition) is 1. The zero-order valence-corrected chi connectivity index (χ0v) is 18.4. The number of hydrogen-bond acceptors (Lipinski definition) is 3. The number of nitrogens with zero attached hydrogens (tertiary/aromatic N) is 1. The first-order chi connectivity index (χ1) is 13.3. The molecule has 0 bridgehead atoms. The quantitative estimate of drug-likeness (QED) is 0.386. The van der Waals surface area contributed by atoms with Crippen molar-refractivity contribution in [3.8, 4) is 11.3 Å². The normalized spacial score (nSPS) is 14.1. The van der Waals surface area contributed by atoms with Crippen LogP contribution in [0.25, 0.3) is 11.3 Å². The van der Waals surface area contributed by atoms with Gasteiger partial charge in [0.25, 0.3) is 0 Å². The van der Waals surface area contributed by atoms with E-state index in [-0.39, 0.29) is 0 Å². The molecule has 0 amide bonds. The lowest BCUT2D eigenvalue weighted by molar-refractivity contribution is 0.686. The Morgan fingerprint density at radius 3 is 2.61 bits per heavy atom. The summed E-state index contributed by atoms with van der Waals surface area (Å²) in [4.78, 5) is 4.45. The van der Waals surface area contributed by atoms with Crippen molar-refractivity contribution in [3.05, 3.63) is 68.5 Å². The number of rotatable bonds is 4. The van der Waals surface area contributed by atoms with Gasteiger partial charge in [0.15, 0.2) is 0 Å². The number of halogens is 1. The molecule has 3 aromatic rings. The molecule has 1 aromatic heterocycles. The van der Waals surface area contributed by atoms with Crippen LogP contribution in [-0.4, -0.2) is 4.98 Å². The van der Waals surface area contributed by atoms with E-state index in [2.05, 4.69) is 36.6 Å². The third-order valence-electron chi connectivity index (χ3n) is 5.69. The average molecular weight is 411 g/mol. The minimum atomic E-state index is -0.482. The highest BCUT2D eigenvalue weighted by Crippen LogP contribution is 2.35. The number of aromatic nitrogens is 1. The molecule has 0 radical (unpaired) electrons. The van der Waals surface area contributed by atoms with Gasteiger partial charge in [-0.1, -0.05) is 18.2 Å². The van der Waals surface area contributed by atoms with Gasteiger partial charge in [-0.05, 0) is 86.4 Å². The molecule has 2 nitrogen and oxygen atoms in total. The van der Waals surface area contributed by atoms with Crippen molar-refractivity contribution in [2.24, 2.45) is 0 Å². The third kappa shape index (κ3) is 3.97. The van der Waals surface area contributed by atoms with E-state index < -0.39 is 4.87 Å². The molecule has 0 fully saturated rings. The molecule has 0 saturated heterocycles. The van der Waals surface area contributed by atoms with Crippen LogP contribution in [0.1, 0.15) is 59.5 Å². The minimum Gasteiger partial charge on any atom is -0.398 e. The Morgan fingerprint density at radius 1 is 1.11 bits per heavy atom. The summed E-state index contributed by atoms with van der Waals surface area (Å²) in [7, 11) is 0. The molecular formula is C24H27ClN2S. The van der Waals surface area contributed by atoms with Crippen molar-refractivity contribution in [2.45, 2.75) is 57.7 Å². The number of anilines is 1. The molecule has 1 aliphatic carbocycles. The van der Waals surface area contributed by atoms with Crippen molar-refractivity contribution >= 4 is 28.6 Å². The molecule has 0 unspecified atom stereocenters. The molecule has 4 heteroatoms. The molecule has 0 atom stereocenters. The highest BCUT2D eigenvalue weighted by molar-refractivity contribution is 7.10. The molecule has 28 heavy (non-hydrogen) atoms. The third-order valence-corrected chi connectivity index (χ3v) is 6.74. The zero-order chi connectivity index (χ0) is 19.9. The number of alkyl halides is 1. The van der Waals surface area contributed by atoms with E-state index in [0.717, 1.165) is 28.4 Å². The van der Waals surface area contributed by atoms with Gasteiger partial charge in [-0.15, -0.1) is 22.9 Å². The molecular weight excluding hydrogens is 384 g/mol. The fourth-order valence-electron chi connectivity index (χ4n) is 4.06. The van der Waals surface area contributed by atoms with Crippen molar-refractivity contribution in [3.63, 3.8) is 0 Å². The summed E-state index contributed by atoms with van der Waals surface area (Å²) < 4.78 is 0. The number of nitrogen functional groups attached to an aromatic ring is 1. The Balaban J connectivity index is 1.61. The minimum absolute atomic E-state index is 0.482. The van der Waals surface area contributed by atoms with Crippen molar-refractivity contribution in [1.29, 1.82) is 0 Å². The van der Waals surface area contributed by atoms with Gasteiger partial charge in [-0.3, -0.25) is 0 Å². The highest BCUT2D eigenvalue weighted by atomic mass is 35.5. The van der Waals surface area contributed by atoms with Crippen LogP contribution in [-0.2, 0) is 24.1 Å². The average Bonchev–Trinajstić information content (AvgIpc) is 3.11. The second-order valence-electron chi connectivity index (χ2n) is 8.33. The fourth-order valence-corrected chi connectivity index (χ4v) is 5.05. The summed E-state index contributed by atoms with van der Waals surface area (Å²) in [5.41, 5.74) is 15.7. The van der Waals surface area contributed by atoms with E-state index in [9.17, 15) is 0 Å². The zero-order valence-electron chi connectivity index (χ0n) is 16.8. The predicted molar refractivity (Wildman–Crippen MR) is 121 cm³/mol. The van der Waals surface area contributed by atoms with Crippen LogP contribution in [0.3, 0.4) is 0 Å². The summed E-state index contributed by atoms with van der Waals surface area (Å²) in [6.45, 7) is 6.07. The first kappa shape index (κ1) is 19.5. The SMILES string of the molecule is Cc1cc(N)c(C(C)(C)Cl)cc1Cc1nc(-c2ccc3c(c2)CCCC3)cs1. The van der Waals surface area contributed by atoms with E-state index in [1.54, 1.807) is 11.3 Å². The number of thiazole rings is 1. The first-order valence-corrected chi connectivity index (χ1v) is 11.2. The number of fused-ring (bicyclic) bond motifs is 1. The van der Waals surface area contributed by atoms with Crippen LogP contribution in [0, 0.1) is 6.92 Å². The van der Waals surface area contributed by atoms with Crippen LogP contribution < -0.4 is 5.73 Å². The number of nitrogens with two attached hydrogens (primary N) is 1. The Bertz CT molecular complexity index is 1010. The fraction of sp³-hybridized carbons (Fsp3) is 0.375. The maximum atomic E-state index is 6.54. The van der Waals surface area contributed by atoms with E-state index in [0.29, 0.717) is 0 Å². The standard InChI is InChI=1S/C24H27ClN2S/c1-15-10-21(26)20(24(2,3)25)12-19(15)13-23-27-22(14-28-23)18-9-8-16-6-4-5-7-17(16)11-18/h8-12,14H,4-7,13,26H2,1-3H3. The molecule has 2 aromatic carbocycles. The van der Waals surface area contributed by atoms with Gasteiger partial charge in [0.1, 0.15) is 0 Å². The second-order valence-corrected chi connectivity index (χ2v) is 10.2. The van der Waals surface area contributed by atoms with Gasteiger partial charge in [-0.25, -0.2) is 4.98 Å². The molecule has 1 aliphatic rings. The van der Waals surface area contributed by atoms with Crippen LogP contribution in [0.2, 0.25) is 0 Å². The topological polar surface area (TPSA) is 38.9 Å². The number of benzene rings is 2. The van der Waals surface area contributed by atoms with Crippen LogP contribution in [0.5, 0.6) is 0 Å². The van der Waals surface area contributed by atoms with Gasteiger partial charge >= 0.3 is 0 Å². The Labute approximate surface area is 176 Å². The smallest absolute Gasteiger partial charge is 0.0976 e. The van der Waals surface area contributed by atoms with Gasteiger partial charge in [-0.2, -0.15) is 0 Å². The van der Waals surface area contributed by atoms with Crippen molar-refractivity contribution in [1.82, 2.24) is 4.98 Å². The van der Waals surface area contributed by atoms with Gasteiger partial charge < -0.3 is 5.73 Å². The first-order valence-electron chi connectivity index (χ1n) is 9.96.